The van der Waals surface area contributed by atoms with Crippen molar-refractivity contribution in [2.24, 2.45) is 0 Å². The zero-order valence-electron chi connectivity index (χ0n) is 10.5. The van der Waals surface area contributed by atoms with Crippen LogP contribution in [0.4, 0.5) is 0 Å². The first-order chi connectivity index (χ1) is 9.00. The van der Waals surface area contributed by atoms with E-state index in [9.17, 15) is 8.42 Å². The van der Waals surface area contributed by atoms with Crippen molar-refractivity contribution in [1.29, 1.82) is 0 Å². The van der Waals surface area contributed by atoms with Gasteiger partial charge in [-0.25, -0.2) is 8.42 Å². The summed E-state index contributed by atoms with van der Waals surface area (Å²) in [5, 5.41) is 0. The zero-order chi connectivity index (χ0) is 13.9. The summed E-state index contributed by atoms with van der Waals surface area (Å²) in [4.78, 5) is 2.08. The highest BCUT2D eigenvalue weighted by molar-refractivity contribution is 9.10. The van der Waals surface area contributed by atoms with Crippen LogP contribution in [0.15, 0.2) is 28.7 Å². The average Bonchev–Trinajstić information content (AvgIpc) is 2.72. The summed E-state index contributed by atoms with van der Waals surface area (Å²) in [6, 6.07) is 8.06. The van der Waals surface area contributed by atoms with Crippen molar-refractivity contribution >= 4 is 25.8 Å². The van der Waals surface area contributed by atoms with E-state index in [1.54, 1.807) is 0 Å². The molecule has 1 aliphatic heterocycles. The first-order valence-corrected chi connectivity index (χ1v) is 8.74. The van der Waals surface area contributed by atoms with Crippen LogP contribution in [0.2, 0.25) is 0 Å². The fraction of sp³-hybridized carbons (Fsp3) is 0.429. The van der Waals surface area contributed by atoms with Crippen LogP contribution < -0.4 is 0 Å². The van der Waals surface area contributed by atoms with E-state index in [2.05, 4.69) is 26.8 Å². The van der Waals surface area contributed by atoms with Crippen LogP contribution >= 0.6 is 15.9 Å². The molecule has 0 aromatic heterocycles. The second-order valence-electron chi connectivity index (χ2n) is 4.79. The van der Waals surface area contributed by atoms with Gasteiger partial charge in [-0.1, -0.05) is 34.0 Å². The molecule has 0 N–H and O–H groups in total. The molecule has 5 heteroatoms. The lowest BCUT2D eigenvalue weighted by Crippen LogP contribution is -2.36. The molecule has 0 aliphatic carbocycles. The van der Waals surface area contributed by atoms with Crippen LogP contribution in [0.1, 0.15) is 12.0 Å². The van der Waals surface area contributed by atoms with Gasteiger partial charge < -0.3 is 0 Å². The van der Waals surface area contributed by atoms with Crippen LogP contribution in [-0.2, 0) is 16.4 Å². The number of sulfone groups is 1. The topological polar surface area (TPSA) is 37.4 Å². The van der Waals surface area contributed by atoms with E-state index >= 15 is 0 Å². The molecule has 0 radical (unpaired) electrons. The maximum absolute atomic E-state index is 11.6. The van der Waals surface area contributed by atoms with E-state index in [0.29, 0.717) is 19.5 Å². The molecule has 0 unspecified atom stereocenters. The van der Waals surface area contributed by atoms with Gasteiger partial charge in [0.05, 0.1) is 18.1 Å². The first kappa shape index (κ1) is 14.6. The Balaban J connectivity index is 2.09. The molecule has 102 valence electrons. The zero-order valence-corrected chi connectivity index (χ0v) is 13.0. The Hall–Kier alpha value is -0.830. The Kier molecular flexibility index (Phi) is 4.67. The number of terminal acetylenes is 1. The van der Waals surface area contributed by atoms with Crippen LogP contribution in [0.5, 0.6) is 0 Å². The van der Waals surface area contributed by atoms with Crippen LogP contribution in [-0.4, -0.2) is 37.4 Å². The monoisotopic (exact) mass is 341 g/mol. The molecule has 1 aromatic rings. The molecule has 1 fully saturated rings. The van der Waals surface area contributed by atoms with Gasteiger partial charge in [0.2, 0.25) is 0 Å². The summed E-state index contributed by atoms with van der Waals surface area (Å²) in [7, 11) is -2.88. The van der Waals surface area contributed by atoms with E-state index < -0.39 is 9.84 Å². The van der Waals surface area contributed by atoms with Crippen LogP contribution in [0, 0.1) is 12.3 Å². The summed E-state index contributed by atoms with van der Waals surface area (Å²) in [5.74, 6) is 3.13. The van der Waals surface area contributed by atoms with E-state index in [-0.39, 0.29) is 17.5 Å². The van der Waals surface area contributed by atoms with Gasteiger partial charge in [-0.15, -0.1) is 6.42 Å². The Morgan fingerprint density at radius 1 is 1.37 bits per heavy atom. The van der Waals surface area contributed by atoms with Gasteiger partial charge >= 0.3 is 0 Å². The number of halogens is 1. The minimum absolute atomic E-state index is 0.0460. The lowest BCUT2D eigenvalue weighted by Gasteiger charge is -2.25. The van der Waals surface area contributed by atoms with Gasteiger partial charge in [-0.05, 0) is 24.1 Å². The van der Waals surface area contributed by atoms with Crippen LogP contribution in [0.25, 0.3) is 0 Å². The fourth-order valence-electron chi connectivity index (χ4n) is 2.32. The van der Waals surface area contributed by atoms with Crippen molar-refractivity contribution in [1.82, 2.24) is 4.90 Å². The lowest BCUT2D eigenvalue weighted by molar-refractivity contribution is 0.230. The van der Waals surface area contributed by atoms with Gasteiger partial charge in [-0.3, -0.25) is 4.90 Å². The van der Waals surface area contributed by atoms with Gasteiger partial charge in [0.25, 0.3) is 0 Å². The van der Waals surface area contributed by atoms with Gasteiger partial charge in [0.1, 0.15) is 0 Å². The predicted molar refractivity (Wildman–Crippen MR) is 80.4 cm³/mol. The largest absolute Gasteiger partial charge is 0.284 e. The predicted octanol–water partition coefficient (Wildman–Crippen LogP) is 2.07. The van der Waals surface area contributed by atoms with Crippen LogP contribution in [0.3, 0.4) is 0 Å². The summed E-state index contributed by atoms with van der Waals surface area (Å²) in [6.07, 6.45) is 6.07. The number of benzene rings is 1. The van der Waals surface area contributed by atoms with E-state index in [1.165, 1.54) is 0 Å². The Labute approximate surface area is 123 Å². The first-order valence-electron chi connectivity index (χ1n) is 6.12. The fourth-order valence-corrected chi connectivity index (χ4v) is 4.34. The quantitative estimate of drug-likeness (QED) is 0.787. The molecule has 2 rings (SSSR count). The molecule has 1 aromatic carbocycles. The van der Waals surface area contributed by atoms with E-state index in [1.807, 2.05) is 24.3 Å². The van der Waals surface area contributed by atoms with Crippen molar-refractivity contribution in [2.45, 2.75) is 19.0 Å². The van der Waals surface area contributed by atoms with Gasteiger partial charge in [0, 0.05) is 17.1 Å². The third kappa shape index (κ3) is 4.07. The highest BCUT2D eigenvalue weighted by atomic mass is 79.9. The number of hydrogen-bond donors (Lipinski definition) is 0. The second-order valence-corrected chi connectivity index (χ2v) is 7.94. The Morgan fingerprint density at radius 3 is 2.58 bits per heavy atom. The number of hydrogen-bond acceptors (Lipinski definition) is 3. The Bertz CT molecular complexity index is 574. The van der Waals surface area contributed by atoms with Crippen molar-refractivity contribution in [2.75, 3.05) is 18.1 Å². The van der Waals surface area contributed by atoms with Gasteiger partial charge in [0.15, 0.2) is 9.84 Å². The lowest BCUT2D eigenvalue weighted by atomic mass is 10.1. The number of rotatable bonds is 4. The molecule has 3 nitrogen and oxygen atoms in total. The smallest absolute Gasteiger partial charge is 0.151 e. The summed E-state index contributed by atoms with van der Waals surface area (Å²) < 4.78 is 24.2. The molecule has 0 saturated carbocycles. The standard InChI is InChI=1S/C14H16BrNO2S/c1-2-8-16(14-7-9-19(17,18)11-14)10-12-3-5-13(15)6-4-12/h1,3-6,14H,7-11H2/t14-/m0/s1. The molecule has 1 heterocycles. The molecule has 1 atom stereocenters. The SMILES string of the molecule is C#CCN(Cc1ccc(Br)cc1)[C@H]1CCS(=O)(=O)C1. The van der Waals surface area contributed by atoms with E-state index in [4.69, 9.17) is 6.42 Å². The van der Waals surface area contributed by atoms with Crippen molar-refractivity contribution < 1.29 is 8.42 Å². The molecule has 19 heavy (non-hydrogen) atoms. The molecular weight excluding hydrogens is 326 g/mol. The highest BCUT2D eigenvalue weighted by Gasteiger charge is 2.31. The molecule has 0 spiro atoms. The molecule has 1 saturated heterocycles. The van der Waals surface area contributed by atoms with Crippen molar-refractivity contribution in [3.63, 3.8) is 0 Å². The minimum Gasteiger partial charge on any atom is -0.284 e. The van der Waals surface area contributed by atoms with Gasteiger partial charge in [-0.2, -0.15) is 0 Å². The Morgan fingerprint density at radius 2 is 2.05 bits per heavy atom. The average molecular weight is 342 g/mol. The highest BCUT2D eigenvalue weighted by Crippen LogP contribution is 2.20. The number of nitrogens with zero attached hydrogens (tertiary/aromatic N) is 1. The molecule has 1 aliphatic rings. The minimum atomic E-state index is -2.88. The van der Waals surface area contributed by atoms with Crippen molar-refractivity contribution in [3.8, 4) is 12.3 Å². The molecule has 0 bridgehead atoms. The third-order valence-electron chi connectivity index (χ3n) is 3.32. The maximum Gasteiger partial charge on any atom is 0.151 e. The normalized spacial score (nSPS) is 21.4. The second kappa shape index (κ2) is 6.08. The maximum atomic E-state index is 11.6. The summed E-state index contributed by atoms with van der Waals surface area (Å²) in [6.45, 7) is 1.17. The third-order valence-corrected chi connectivity index (χ3v) is 5.60. The summed E-state index contributed by atoms with van der Waals surface area (Å²) >= 11 is 3.40. The molecular formula is C14H16BrNO2S. The summed E-state index contributed by atoms with van der Waals surface area (Å²) in [5.41, 5.74) is 1.14. The van der Waals surface area contributed by atoms with Crippen molar-refractivity contribution in [3.05, 3.63) is 34.3 Å². The molecule has 0 amide bonds. The van der Waals surface area contributed by atoms with E-state index in [0.717, 1.165) is 10.0 Å².